The third kappa shape index (κ3) is 6.34. The molecule has 2 heterocycles. The molecule has 1 aromatic rings. The summed E-state index contributed by atoms with van der Waals surface area (Å²) in [5, 5.41) is 9.35. The fourth-order valence-electron chi connectivity index (χ4n) is 2.22. The van der Waals surface area contributed by atoms with E-state index in [1.54, 1.807) is 0 Å². The van der Waals surface area contributed by atoms with Gasteiger partial charge in [0.1, 0.15) is 6.54 Å². The van der Waals surface area contributed by atoms with E-state index in [-0.39, 0.29) is 18.3 Å². The van der Waals surface area contributed by atoms with Crippen molar-refractivity contribution < 1.29 is 18.0 Å². The van der Waals surface area contributed by atoms with Crippen LogP contribution in [0.2, 0.25) is 0 Å². The highest BCUT2D eigenvalue weighted by atomic mass is 35.5. The predicted octanol–water partition coefficient (Wildman–Crippen LogP) is 2.20. The van der Waals surface area contributed by atoms with Crippen LogP contribution in [0.5, 0.6) is 0 Å². The average Bonchev–Trinajstić information content (AvgIpc) is 2.96. The van der Waals surface area contributed by atoms with Crippen LogP contribution in [-0.4, -0.2) is 35.0 Å². The Bertz CT molecular complexity index is 458. The third-order valence-corrected chi connectivity index (χ3v) is 3.20. The summed E-state index contributed by atoms with van der Waals surface area (Å²) < 4.78 is 37.2. The highest BCUT2D eigenvalue weighted by Crippen LogP contribution is 2.18. The van der Waals surface area contributed by atoms with Crippen LogP contribution in [0.4, 0.5) is 18.9 Å². The van der Waals surface area contributed by atoms with Crippen LogP contribution in [0.15, 0.2) is 12.4 Å². The number of carbonyl (C=O) groups is 1. The molecule has 0 aliphatic carbocycles. The number of amides is 1. The fourth-order valence-corrected chi connectivity index (χ4v) is 2.22. The van der Waals surface area contributed by atoms with Crippen molar-refractivity contribution in [2.45, 2.75) is 32.0 Å². The lowest BCUT2D eigenvalue weighted by Crippen LogP contribution is -2.18. The van der Waals surface area contributed by atoms with Crippen molar-refractivity contribution in [3.63, 3.8) is 0 Å². The van der Waals surface area contributed by atoms with E-state index >= 15 is 0 Å². The van der Waals surface area contributed by atoms with Crippen LogP contribution in [0, 0.1) is 5.92 Å². The highest BCUT2D eigenvalue weighted by molar-refractivity contribution is 5.90. The van der Waals surface area contributed by atoms with E-state index in [4.69, 9.17) is 0 Å². The molecule has 2 rings (SSSR count). The molecular weight excluding hydrogens is 309 g/mol. The van der Waals surface area contributed by atoms with Gasteiger partial charge in [0.2, 0.25) is 5.91 Å². The molecule has 1 saturated heterocycles. The minimum atomic E-state index is -4.32. The largest absolute Gasteiger partial charge is 0.408 e. The zero-order valence-electron chi connectivity index (χ0n) is 11.3. The Labute approximate surface area is 126 Å². The number of carbonyl (C=O) groups excluding carboxylic acids is 1. The predicted molar refractivity (Wildman–Crippen MR) is 74.4 cm³/mol. The van der Waals surface area contributed by atoms with Crippen LogP contribution < -0.4 is 10.6 Å². The molecule has 1 atom stereocenters. The number of nitrogens with one attached hydrogen (secondary N) is 2. The molecule has 21 heavy (non-hydrogen) atoms. The van der Waals surface area contributed by atoms with E-state index in [1.165, 1.54) is 12.4 Å². The van der Waals surface area contributed by atoms with Crippen molar-refractivity contribution in [2.75, 3.05) is 18.4 Å². The Balaban J connectivity index is 0.00000220. The van der Waals surface area contributed by atoms with Gasteiger partial charge in [0.05, 0.1) is 11.9 Å². The molecule has 0 aromatic carbocycles. The molecule has 1 amide bonds. The Morgan fingerprint density at radius 2 is 2.29 bits per heavy atom. The third-order valence-electron chi connectivity index (χ3n) is 3.20. The van der Waals surface area contributed by atoms with Crippen LogP contribution in [0.1, 0.15) is 19.3 Å². The van der Waals surface area contributed by atoms with Gasteiger partial charge in [-0.05, 0) is 31.8 Å². The van der Waals surface area contributed by atoms with Crippen molar-refractivity contribution in [1.29, 1.82) is 0 Å². The molecule has 1 fully saturated rings. The second kappa shape index (κ2) is 7.65. The van der Waals surface area contributed by atoms with Gasteiger partial charge in [-0.3, -0.25) is 9.48 Å². The van der Waals surface area contributed by atoms with Crippen LogP contribution in [-0.2, 0) is 11.3 Å². The van der Waals surface area contributed by atoms with Gasteiger partial charge in [0, 0.05) is 12.6 Å². The van der Waals surface area contributed by atoms with Crippen molar-refractivity contribution in [3.8, 4) is 0 Å². The fraction of sp³-hybridized carbons (Fsp3) is 0.667. The molecule has 0 bridgehead atoms. The molecule has 5 nitrogen and oxygen atoms in total. The zero-order chi connectivity index (χ0) is 14.6. The molecule has 9 heteroatoms. The standard InChI is InChI=1S/C12H17F3N4O.ClH/c13-12(14,15)8-19-7-10(6-17-19)18-11(20)2-1-9-3-4-16-5-9;/h6-7,9,16H,1-5,8H2,(H,18,20);1H. The van der Waals surface area contributed by atoms with E-state index in [0.29, 0.717) is 18.0 Å². The Kier molecular flexibility index (Phi) is 6.47. The molecule has 0 saturated carbocycles. The maximum atomic E-state index is 12.2. The molecule has 1 unspecified atom stereocenters. The molecule has 1 aliphatic heterocycles. The normalized spacial score (nSPS) is 18.3. The van der Waals surface area contributed by atoms with E-state index in [1.807, 2.05) is 0 Å². The first-order chi connectivity index (χ1) is 9.42. The molecule has 2 N–H and O–H groups in total. The minimum Gasteiger partial charge on any atom is -0.323 e. The van der Waals surface area contributed by atoms with Gasteiger partial charge < -0.3 is 10.6 Å². The first-order valence-corrected chi connectivity index (χ1v) is 6.52. The van der Waals surface area contributed by atoms with Gasteiger partial charge in [-0.15, -0.1) is 12.4 Å². The van der Waals surface area contributed by atoms with Crippen LogP contribution >= 0.6 is 12.4 Å². The molecular formula is C12H18ClF3N4O. The lowest BCUT2D eigenvalue weighted by atomic mass is 10.0. The van der Waals surface area contributed by atoms with E-state index < -0.39 is 12.7 Å². The Morgan fingerprint density at radius 3 is 2.90 bits per heavy atom. The summed E-state index contributed by atoms with van der Waals surface area (Å²) in [5.41, 5.74) is 0.295. The van der Waals surface area contributed by atoms with Crippen LogP contribution in [0.25, 0.3) is 0 Å². The molecule has 120 valence electrons. The molecule has 0 radical (unpaired) electrons. The summed E-state index contributed by atoms with van der Waals surface area (Å²) in [6.07, 6.45) is 0.315. The summed E-state index contributed by atoms with van der Waals surface area (Å²) in [6, 6.07) is 0. The van der Waals surface area contributed by atoms with Gasteiger partial charge >= 0.3 is 6.18 Å². The summed E-state index contributed by atoms with van der Waals surface area (Å²) >= 11 is 0. The number of nitrogens with zero attached hydrogens (tertiary/aromatic N) is 2. The Hall–Kier alpha value is -1.28. The van der Waals surface area contributed by atoms with Gasteiger partial charge in [-0.2, -0.15) is 18.3 Å². The SMILES string of the molecule is Cl.O=C(CCC1CCNC1)Nc1cnn(CC(F)(F)F)c1. The number of rotatable bonds is 5. The topological polar surface area (TPSA) is 59.0 Å². The smallest absolute Gasteiger partial charge is 0.323 e. The quantitative estimate of drug-likeness (QED) is 0.872. The van der Waals surface area contributed by atoms with E-state index in [2.05, 4.69) is 15.7 Å². The second-order valence-corrected chi connectivity index (χ2v) is 4.99. The second-order valence-electron chi connectivity index (χ2n) is 4.99. The van der Waals surface area contributed by atoms with Crippen molar-refractivity contribution in [1.82, 2.24) is 15.1 Å². The lowest BCUT2D eigenvalue weighted by Gasteiger charge is -2.07. The first-order valence-electron chi connectivity index (χ1n) is 6.52. The van der Waals surface area contributed by atoms with Crippen molar-refractivity contribution in [2.24, 2.45) is 5.92 Å². The van der Waals surface area contributed by atoms with Gasteiger partial charge in [-0.1, -0.05) is 0 Å². The van der Waals surface area contributed by atoms with E-state index in [9.17, 15) is 18.0 Å². The molecule has 1 aliphatic rings. The van der Waals surface area contributed by atoms with Crippen molar-refractivity contribution in [3.05, 3.63) is 12.4 Å². The minimum absolute atomic E-state index is 0. The number of halogens is 4. The van der Waals surface area contributed by atoms with Crippen LogP contribution in [0.3, 0.4) is 0 Å². The highest BCUT2D eigenvalue weighted by Gasteiger charge is 2.28. The summed E-state index contributed by atoms with van der Waals surface area (Å²) in [5.74, 6) is 0.317. The Morgan fingerprint density at radius 1 is 1.52 bits per heavy atom. The summed E-state index contributed by atoms with van der Waals surface area (Å²) in [7, 11) is 0. The number of hydrogen-bond acceptors (Lipinski definition) is 3. The summed E-state index contributed by atoms with van der Waals surface area (Å²) in [4.78, 5) is 11.7. The summed E-state index contributed by atoms with van der Waals surface area (Å²) in [6.45, 7) is 0.754. The monoisotopic (exact) mass is 326 g/mol. The van der Waals surface area contributed by atoms with Gasteiger partial charge in [0.25, 0.3) is 0 Å². The lowest BCUT2D eigenvalue weighted by molar-refractivity contribution is -0.142. The number of aromatic nitrogens is 2. The van der Waals surface area contributed by atoms with E-state index in [0.717, 1.165) is 30.6 Å². The van der Waals surface area contributed by atoms with Gasteiger partial charge in [-0.25, -0.2) is 0 Å². The van der Waals surface area contributed by atoms with Gasteiger partial charge in [0.15, 0.2) is 0 Å². The first kappa shape index (κ1) is 17.8. The molecule has 1 aromatic heterocycles. The number of anilines is 1. The number of hydrogen-bond donors (Lipinski definition) is 2. The number of alkyl halides is 3. The average molecular weight is 327 g/mol. The zero-order valence-corrected chi connectivity index (χ0v) is 12.1. The molecule has 0 spiro atoms. The van der Waals surface area contributed by atoms with Crippen molar-refractivity contribution >= 4 is 24.0 Å². The maximum Gasteiger partial charge on any atom is 0.408 e. The maximum absolute atomic E-state index is 12.2.